The molecule has 0 amide bonds. The molecule has 1 aromatic carbocycles. The van der Waals surface area contributed by atoms with Crippen LogP contribution in [0, 0.1) is 5.82 Å². The number of hydrogen-bond donors (Lipinski definition) is 0. The number of nitrogens with zero attached hydrogens (tertiary/aromatic N) is 1. The number of carbonyl (C=O) groups excluding carboxylic acids is 1. The van der Waals surface area contributed by atoms with E-state index in [4.69, 9.17) is 0 Å². The third-order valence-corrected chi connectivity index (χ3v) is 4.64. The van der Waals surface area contributed by atoms with Crippen molar-refractivity contribution in [1.82, 2.24) is 4.90 Å². The first-order valence-electron chi connectivity index (χ1n) is 6.08. The van der Waals surface area contributed by atoms with Gasteiger partial charge in [-0.2, -0.15) is 0 Å². The van der Waals surface area contributed by atoms with Crippen LogP contribution in [0.15, 0.2) is 34.7 Å². The van der Waals surface area contributed by atoms with Gasteiger partial charge in [-0.25, -0.2) is 4.39 Å². The molecule has 0 saturated heterocycles. The largest absolute Gasteiger partial charge is 0.294 e. The molecule has 18 heavy (non-hydrogen) atoms. The molecule has 0 unspecified atom stereocenters. The highest BCUT2D eigenvalue weighted by atomic mass is 32.2. The molecule has 0 N–H and O–H groups in total. The molecule has 4 heteroatoms. The minimum atomic E-state index is -0.163. The van der Waals surface area contributed by atoms with Crippen LogP contribution >= 0.6 is 11.8 Å². The summed E-state index contributed by atoms with van der Waals surface area (Å²) in [6.07, 6.45) is 0.931. The van der Waals surface area contributed by atoms with Crippen LogP contribution in [-0.2, 0) is 11.3 Å². The van der Waals surface area contributed by atoms with Gasteiger partial charge in [0.05, 0.1) is 5.75 Å². The second kappa shape index (κ2) is 4.86. The molecule has 2 heterocycles. The lowest BCUT2D eigenvalue weighted by Gasteiger charge is -2.27. The third kappa shape index (κ3) is 2.22. The predicted octanol–water partition coefficient (Wildman–Crippen LogP) is 2.60. The van der Waals surface area contributed by atoms with E-state index >= 15 is 0 Å². The van der Waals surface area contributed by atoms with Gasteiger partial charge in [-0.05, 0) is 17.4 Å². The number of benzene rings is 1. The van der Waals surface area contributed by atoms with Gasteiger partial charge in [-0.15, -0.1) is 11.8 Å². The molecule has 0 fully saturated rings. The van der Waals surface area contributed by atoms with Gasteiger partial charge in [0.15, 0.2) is 5.78 Å². The van der Waals surface area contributed by atoms with E-state index in [2.05, 4.69) is 4.90 Å². The minimum Gasteiger partial charge on any atom is -0.294 e. The van der Waals surface area contributed by atoms with Crippen LogP contribution in [0.3, 0.4) is 0 Å². The Bertz CT molecular complexity index is 526. The quantitative estimate of drug-likeness (QED) is 0.818. The summed E-state index contributed by atoms with van der Waals surface area (Å²) >= 11 is 1.68. The Morgan fingerprint density at radius 1 is 1.33 bits per heavy atom. The summed E-state index contributed by atoms with van der Waals surface area (Å²) in [5, 5.41) is 0. The Morgan fingerprint density at radius 3 is 3.00 bits per heavy atom. The summed E-state index contributed by atoms with van der Waals surface area (Å²) < 4.78 is 13.6. The van der Waals surface area contributed by atoms with Crippen LogP contribution in [0.25, 0.3) is 0 Å². The lowest BCUT2D eigenvalue weighted by atomic mass is 10.1. The highest BCUT2D eigenvalue weighted by Crippen LogP contribution is 2.35. The van der Waals surface area contributed by atoms with E-state index in [1.54, 1.807) is 17.8 Å². The van der Waals surface area contributed by atoms with Crippen LogP contribution in [-0.4, -0.2) is 29.5 Å². The van der Waals surface area contributed by atoms with E-state index in [1.165, 1.54) is 11.0 Å². The molecule has 0 atom stereocenters. The summed E-state index contributed by atoms with van der Waals surface area (Å²) in [5.41, 5.74) is 1.67. The van der Waals surface area contributed by atoms with Gasteiger partial charge < -0.3 is 0 Å². The molecular weight excluding hydrogens is 249 g/mol. The predicted molar refractivity (Wildman–Crippen MR) is 70.8 cm³/mol. The number of rotatable bonds is 2. The van der Waals surface area contributed by atoms with Crippen LogP contribution in [0.1, 0.15) is 12.0 Å². The van der Waals surface area contributed by atoms with Crippen LogP contribution in [0.2, 0.25) is 0 Å². The number of hydrogen-bond acceptors (Lipinski definition) is 3. The van der Waals surface area contributed by atoms with Gasteiger partial charge in [0.2, 0.25) is 0 Å². The van der Waals surface area contributed by atoms with E-state index in [1.807, 2.05) is 12.1 Å². The van der Waals surface area contributed by atoms with E-state index < -0.39 is 0 Å². The fourth-order valence-electron chi connectivity index (χ4n) is 2.45. The van der Waals surface area contributed by atoms with Crippen LogP contribution in [0.4, 0.5) is 4.39 Å². The number of carbonyl (C=O) groups is 1. The fourth-order valence-corrected chi connectivity index (χ4v) is 3.51. The van der Waals surface area contributed by atoms with Crippen molar-refractivity contribution in [3.8, 4) is 0 Å². The van der Waals surface area contributed by atoms with Crippen molar-refractivity contribution in [2.24, 2.45) is 0 Å². The molecule has 2 nitrogen and oxygen atoms in total. The van der Waals surface area contributed by atoms with Crippen molar-refractivity contribution in [1.29, 1.82) is 0 Å². The van der Waals surface area contributed by atoms with Crippen LogP contribution in [0.5, 0.6) is 0 Å². The van der Waals surface area contributed by atoms with Crippen molar-refractivity contribution in [3.63, 3.8) is 0 Å². The second-order valence-corrected chi connectivity index (χ2v) is 5.74. The number of ketones is 1. The van der Waals surface area contributed by atoms with Crippen molar-refractivity contribution in [2.45, 2.75) is 13.0 Å². The molecule has 0 radical (unpaired) electrons. The highest BCUT2D eigenvalue weighted by Gasteiger charge is 2.29. The molecule has 0 aliphatic carbocycles. The molecule has 0 spiro atoms. The fraction of sp³-hybridized carbons (Fsp3) is 0.357. The SMILES string of the molecule is O=C1CSC2=C1CN(Cc1ccccc1F)CC2. The smallest absolute Gasteiger partial charge is 0.171 e. The first-order valence-corrected chi connectivity index (χ1v) is 7.06. The lowest BCUT2D eigenvalue weighted by Crippen LogP contribution is -2.32. The van der Waals surface area contributed by atoms with Gasteiger partial charge in [0.25, 0.3) is 0 Å². The van der Waals surface area contributed by atoms with Gasteiger partial charge >= 0.3 is 0 Å². The molecule has 0 aromatic heterocycles. The average molecular weight is 263 g/mol. The summed E-state index contributed by atoms with van der Waals surface area (Å²) in [5.74, 6) is 0.690. The minimum absolute atomic E-state index is 0.163. The van der Waals surface area contributed by atoms with E-state index in [9.17, 15) is 9.18 Å². The Hall–Kier alpha value is -1.13. The first-order chi connectivity index (χ1) is 8.74. The second-order valence-electron chi connectivity index (χ2n) is 4.67. The van der Waals surface area contributed by atoms with E-state index in [0.717, 1.165) is 18.5 Å². The molecule has 94 valence electrons. The Balaban J connectivity index is 1.73. The highest BCUT2D eigenvalue weighted by molar-refractivity contribution is 8.04. The van der Waals surface area contributed by atoms with E-state index in [-0.39, 0.29) is 11.6 Å². The van der Waals surface area contributed by atoms with Gasteiger partial charge in [0.1, 0.15) is 5.82 Å². The molecule has 2 aliphatic heterocycles. The van der Waals surface area contributed by atoms with Crippen LogP contribution < -0.4 is 0 Å². The zero-order chi connectivity index (χ0) is 12.5. The van der Waals surface area contributed by atoms with Gasteiger partial charge in [-0.3, -0.25) is 9.69 Å². The molecule has 0 saturated carbocycles. The maximum absolute atomic E-state index is 13.6. The Kier molecular flexibility index (Phi) is 3.22. The summed E-state index contributed by atoms with van der Waals surface area (Å²) in [6, 6.07) is 6.85. The summed E-state index contributed by atoms with van der Waals surface area (Å²) in [7, 11) is 0. The zero-order valence-corrected chi connectivity index (χ0v) is 10.8. The summed E-state index contributed by atoms with van der Waals surface area (Å²) in [4.78, 5) is 15.1. The number of halogens is 1. The zero-order valence-electron chi connectivity index (χ0n) is 9.99. The Morgan fingerprint density at radius 2 is 2.17 bits per heavy atom. The number of thioether (sulfide) groups is 1. The lowest BCUT2D eigenvalue weighted by molar-refractivity contribution is -0.113. The average Bonchev–Trinajstić information content (AvgIpc) is 2.74. The normalized spacial score (nSPS) is 20.4. The molecule has 3 rings (SSSR count). The van der Waals surface area contributed by atoms with Gasteiger partial charge in [0, 0.05) is 30.8 Å². The van der Waals surface area contributed by atoms with Crippen molar-refractivity contribution in [3.05, 3.63) is 46.1 Å². The first kappa shape index (κ1) is 11.9. The maximum atomic E-state index is 13.6. The Labute approximate surface area is 110 Å². The molecular formula is C14H14FNOS. The summed E-state index contributed by atoms with van der Waals surface area (Å²) in [6.45, 7) is 2.17. The monoisotopic (exact) mass is 263 g/mol. The maximum Gasteiger partial charge on any atom is 0.171 e. The van der Waals surface area contributed by atoms with Crippen molar-refractivity contribution in [2.75, 3.05) is 18.8 Å². The van der Waals surface area contributed by atoms with Crippen molar-refractivity contribution >= 4 is 17.5 Å². The number of Topliss-reactive ketones (excluding diaryl/α,β-unsaturated/α-hetero) is 1. The third-order valence-electron chi connectivity index (χ3n) is 3.44. The van der Waals surface area contributed by atoms with Crippen molar-refractivity contribution < 1.29 is 9.18 Å². The van der Waals surface area contributed by atoms with E-state index in [0.29, 0.717) is 24.4 Å². The molecule has 2 aliphatic rings. The molecule has 0 bridgehead atoms. The standard InChI is InChI=1S/C14H14FNOS/c15-12-4-2-1-3-10(12)7-16-6-5-14-11(8-16)13(17)9-18-14/h1-4H,5-9H2. The molecule has 1 aromatic rings. The topological polar surface area (TPSA) is 20.3 Å². The van der Waals surface area contributed by atoms with Gasteiger partial charge in [-0.1, -0.05) is 18.2 Å².